The van der Waals surface area contributed by atoms with Crippen LogP contribution in [-0.4, -0.2) is 37.2 Å². The van der Waals surface area contributed by atoms with E-state index >= 15 is 0 Å². The largest absolute Gasteiger partial charge is 0.294 e. The molecule has 0 spiro atoms. The number of fused-ring (bicyclic) bond motifs is 2. The number of aromatic nitrogens is 4. The Labute approximate surface area is 123 Å². The molecule has 0 unspecified atom stereocenters. The summed E-state index contributed by atoms with van der Waals surface area (Å²) in [6.45, 7) is 3.63. The van der Waals surface area contributed by atoms with Gasteiger partial charge in [0.1, 0.15) is 17.7 Å². The first-order chi connectivity index (χ1) is 10.3. The fourth-order valence-electron chi connectivity index (χ4n) is 3.71. The molecule has 0 aromatic carbocycles. The molecule has 112 valence electrons. The number of nitrogens with zero attached hydrogens (tertiary/aromatic N) is 5. The smallest absolute Gasteiger partial charge is 0.279 e. The van der Waals surface area contributed by atoms with Gasteiger partial charge >= 0.3 is 0 Å². The Morgan fingerprint density at radius 3 is 2.90 bits per heavy atom. The minimum atomic E-state index is 0.0369. The Morgan fingerprint density at radius 2 is 2.05 bits per heavy atom. The molecule has 2 aliphatic rings. The molecule has 1 aliphatic heterocycles. The van der Waals surface area contributed by atoms with Crippen molar-refractivity contribution >= 4 is 5.52 Å². The van der Waals surface area contributed by atoms with Crippen LogP contribution in [0, 0.1) is 5.92 Å². The summed E-state index contributed by atoms with van der Waals surface area (Å²) in [5, 5.41) is 4.56. The Bertz CT molecular complexity index is 698. The maximum absolute atomic E-state index is 12.4. The van der Waals surface area contributed by atoms with Crippen molar-refractivity contribution in [2.75, 3.05) is 13.1 Å². The van der Waals surface area contributed by atoms with Gasteiger partial charge in [-0.2, -0.15) is 5.10 Å². The zero-order valence-electron chi connectivity index (χ0n) is 12.2. The first kappa shape index (κ1) is 13.0. The first-order valence-electron chi connectivity index (χ1n) is 7.96. The van der Waals surface area contributed by atoms with E-state index in [2.05, 4.69) is 15.0 Å². The lowest BCUT2D eigenvalue weighted by molar-refractivity contribution is 0.160. The molecule has 1 aliphatic carbocycles. The molecule has 1 saturated carbocycles. The van der Waals surface area contributed by atoms with Gasteiger partial charge in [0.2, 0.25) is 0 Å². The maximum atomic E-state index is 12.4. The summed E-state index contributed by atoms with van der Waals surface area (Å²) in [6, 6.07) is 0. The molecular weight excluding hydrogens is 266 g/mol. The molecule has 0 radical (unpaired) electrons. The van der Waals surface area contributed by atoms with Crippen LogP contribution in [0.2, 0.25) is 0 Å². The second kappa shape index (κ2) is 5.26. The summed E-state index contributed by atoms with van der Waals surface area (Å²) in [7, 11) is 0. The minimum Gasteiger partial charge on any atom is -0.294 e. The van der Waals surface area contributed by atoms with Crippen molar-refractivity contribution in [2.45, 2.75) is 45.2 Å². The van der Waals surface area contributed by atoms with Crippen LogP contribution in [0.5, 0.6) is 0 Å². The van der Waals surface area contributed by atoms with Gasteiger partial charge in [-0.15, -0.1) is 0 Å². The zero-order valence-corrected chi connectivity index (χ0v) is 12.2. The standard InChI is InChI=1S/C15H21N5O/c21-15-13-8-16-11-20(13)17-14-10-18(6-7-19(14)15)9-12-4-2-1-3-5-12/h8,11-12H,1-7,9-10H2. The summed E-state index contributed by atoms with van der Waals surface area (Å²) in [4.78, 5) is 18.9. The lowest BCUT2D eigenvalue weighted by Gasteiger charge is -2.33. The second-order valence-electron chi connectivity index (χ2n) is 6.34. The molecule has 21 heavy (non-hydrogen) atoms. The van der Waals surface area contributed by atoms with Crippen LogP contribution in [0.4, 0.5) is 0 Å². The molecule has 2 aromatic heterocycles. The monoisotopic (exact) mass is 287 g/mol. The summed E-state index contributed by atoms with van der Waals surface area (Å²) < 4.78 is 3.42. The average molecular weight is 287 g/mol. The molecule has 6 heteroatoms. The summed E-state index contributed by atoms with van der Waals surface area (Å²) in [6.07, 6.45) is 10.1. The Balaban J connectivity index is 1.56. The van der Waals surface area contributed by atoms with Crippen LogP contribution >= 0.6 is 0 Å². The molecule has 4 rings (SSSR count). The lowest BCUT2D eigenvalue weighted by Crippen LogP contribution is -2.42. The molecule has 1 fully saturated rings. The van der Waals surface area contributed by atoms with E-state index < -0.39 is 0 Å². The molecule has 0 amide bonds. The Hall–Kier alpha value is -1.69. The molecule has 0 saturated heterocycles. The molecule has 3 heterocycles. The maximum Gasteiger partial charge on any atom is 0.279 e. The Kier molecular flexibility index (Phi) is 3.25. The van der Waals surface area contributed by atoms with Crippen molar-refractivity contribution in [1.82, 2.24) is 24.1 Å². The van der Waals surface area contributed by atoms with E-state index in [9.17, 15) is 4.79 Å². The average Bonchev–Trinajstić information content (AvgIpc) is 2.97. The highest BCUT2D eigenvalue weighted by atomic mass is 16.1. The highest BCUT2D eigenvalue weighted by Gasteiger charge is 2.23. The van der Waals surface area contributed by atoms with Crippen LogP contribution in [0.1, 0.15) is 37.9 Å². The molecular formula is C15H21N5O. The van der Waals surface area contributed by atoms with Gasteiger partial charge in [-0.1, -0.05) is 19.3 Å². The van der Waals surface area contributed by atoms with Gasteiger partial charge in [-0.05, 0) is 18.8 Å². The number of imidazole rings is 1. The van der Waals surface area contributed by atoms with E-state index in [4.69, 9.17) is 0 Å². The summed E-state index contributed by atoms with van der Waals surface area (Å²) in [5.74, 6) is 1.70. The second-order valence-corrected chi connectivity index (χ2v) is 6.34. The van der Waals surface area contributed by atoms with Gasteiger partial charge in [-0.3, -0.25) is 14.3 Å². The van der Waals surface area contributed by atoms with E-state index in [1.807, 2.05) is 4.57 Å². The van der Waals surface area contributed by atoms with Gasteiger partial charge in [0.15, 0.2) is 0 Å². The molecule has 2 aromatic rings. The third-order valence-electron chi connectivity index (χ3n) is 4.86. The van der Waals surface area contributed by atoms with Crippen LogP contribution < -0.4 is 5.56 Å². The highest BCUT2D eigenvalue weighted by Crippen LogP contribution is 2.25. The van der Waals surface area contributed by atoms with Crippen molar-refractivity contribution in [2.24, 2.45) is 5.92 Å². The molecule has 6 nitrogen and oxygen atoms in total. The normalized spacial score (nSPS) is 20.8. The number of hydrogen-bond acceptors (Lipinski definition) is 4. The van der Waals surface area contributed by atoms with E-state index in [1.54, 1.807) is 17.0 Å². The Morgan fingerprint density at radius 1 is 1.19 bits per heavy atom. The molecule has 0 bridgehead atoms. The van der Waals surface area contributed by atoms with Crippen LogP contribution in [-0.2, 0) is 13.1 Å². The predicted octanol–water partition coefficient (Wildman–Crippen LogP) is 1.29. The van der Waals surface area contributed by atoms with Gasteiger partial charge in [-0.25, -0.2) is 9.50 Å². The summed E-state index contributed by atoms with van der Waals surface area (Å²) in [5.41, 5.74) is 0.606. The highest BCUT2D eigenvalue weighted by molar-refractivity contribution is 5.40. The van der Waals surface area contributed by atoms with Crippen LogP contribution in [0.15, 0.2) is 17.3 Å². The minimum absolute atomic E-state index is 0.0369. The third-order valence-corrected chi connectivity index (χ3v) is 4.86. The van der Waals surface area contributed by atoms with E-state index in [-0.39, 0.29) is 5.56 Å². The zero-order chi connectivity index (χ0) is 14.2. The van der Waals surface area contributed by atoms with E-state index in [1.165, 1.54) is 32.1 Å². The van der Waals surface area contributed by atoms with Crippen molar-refractivity contribution in [3.63, 3.8) is 0 Å². The summed E-state index contributed by atoms with van der Waals surface area (Å²) >= 11 is 0. The first-order valence-corrected chi connectivity index (χ1v) is 7.96. The quantitative estimate of drug-likeness (QED) is 0.835. The van der Waals surface area contributed by atoms with Crippen molar-refractivity contribution in [1.29, 1.82) is 0 Å². The van der Waals surface area contributed by atoms with Gasteiger partial charge < -0.3 is 0 Å². The van der Waals surface area contributed by atoms with Crippen molar-refractivity contribution in [3.05, 3.63) is 28.7 Å². The van der Waals surface area contributed by atoms with Gasteiger partial charge in [0, 0.05) is 19.6 Å². The molecule has 0 atom stereocenters. The van der Waals surface area contributed by atoms with E-state index in [0.717, 1.165) is 37.9 Å². The fraction of sp³-hybridized carbons (Fsp3) is 0.667. The van der Waals surface area contributed by atoms with Gasteiger partial charge in [0.25, 0.3) is 5.56 Å². The van der Waals surface area contributed by atoms with Crippen LogP contribution in [0.3, 0.4) is 0 Å². The van der Waals surface area contributed by atoms with Crippen molar-refractivity contribution in [3.8, 4) is 0 Å². The topological polar surface area (TPSA) is 55.4 Å². The van der Waals surface area contributed by atoms with Crippen molar-refractivity contribution < 1.29 is 0 Å². The third kappa shape index (κ3) is 2.37. The van der Waals surface area contributed by atoms with E-state index in [0.29, 0.717) is 5.52 Å². The number of rotatable bonds is 2. The van der Waals surface area contributed by atoms with Crippen LogP contribution in [0.25, 0.3) is 5.52 Å². The SMILES string of the molecule is O=c1c2cncn2nc2n1CCN(CC1CCCCC1)C2. The fourth-order valence-corrected chi connectivity index (χ4v) is 3.71. The number of hydrogen-bond donors (Lipinski definition) is 0. The lowest BCUT2D eigenvalue weighted by atomic mass is 9.89. The predicted molar refractivity (Wildman–Crippen MR) is 79.1 cm³/mol. The van der Waals surface area contributed by atoms with Gasteiger partial charge in [0.05, 0.1) is 12.7 Å². The molecule has 0 N–H and O–H groups in total.